The molecule has 0 aromatic heterocycles. The van der Waals surface area contributed by atoms with E-state index >= 15 is 0 Å². The van der Waals surface area contributed by atoms with Gasteiger partial charge in [-0.2, -0.15) is 0 Å². The van der Waals surface area contributed by atoms with Gasteiger partial charge in [-0.3, -0.25) is 0 Å². The summed E-state index contributed by atoms with van der Waals surface area (Å²) < 4.78 is 0. The predicted molar refractivity (Wildman–Crippen MR) is 69.1 cm³/mol. The van der Waals surface area contributed by atoms with Gasteiger partial charge >= 0.3 is 0 Å². The first-order chi connectivity index (χ1) is 8.15. The zero-order chi connectivity index (χ0) is 12.4. The van der Waals surface area contributed by atoms with Crippen LogP contribution in [0.5, 0.6) is 0 Å². The van der Waals surface area contributed by atoms with Crippen molar-refractivity contribution >= 4 is 5.69 Å². The van der Waals surface area contributed by atoms with Gasteiger partial charge in [0, 0.05) is 17.8 Å². The van der Waals surface area contributed by atoms with Gasteiger partial charge in [-0.25, -0.2) is 0 Å². The van der Waals surface area contributed by atoms with Crippen LogP contribution in [0.2, 0.25) is 0 Å². The molecule has 1 aliphatic rings. The number of aliphatic hydroxyl groups excluding tert-OH is 2. The number of anilines is 1. The Morgan fingerprint density at radius 3 is 2.76 bits per heavy atom. The molecule has 2 rings (SSSR count). The van der Waals surface area contributed by atoms with Gasteiger partial charge < -0.3 is 15.1 Å². The fraction of sp³-hybridized carbons (Fsp3) is 0.571. The first-order valence-corrected chi connectivity index (χ1v) is 6.29. The van der Waals surface area contributed by atoms with E-state index in [1.165, 1.54) is 0 Å². The van der Waals surface area contributed by atoms with Crippen molar-refractivity contribution in [1.29, 1.82) is 0 Å². The molecule has 3 atom stereocenters. The van der Waals surface area contributed by atoms with Gasteiger partial charge in [-0.15, -0.1) is 0 Å². The van der Waals surface area contributed by atoms with E-state index in [4.69, 9.17) is 0 Å². The highest BCUT2D eigenvalue weighted by Gasteiger charge is 2.31. The van der Waals surface area contributed by atoms with Crippen LogP contribution in [0, 0.1) is 5.92 Å². The molecule has 0 aliphatic carbocycles. The number of para-hydroxylation sites is 1. The molecule has 0 spiro atoms. The molecule has 0 bridgehead atoms. The lowest BCUT2D eigenvalue weighted by Gasteiger charge is -2.30. The normalized spacial score (nSPS) is 26.2. The lowest BCUT2D eigenvalue weighted by molar-refractivity contribution is 0.199. The van der Waals surface area contributed by atoms with Crippen molar-refractivity contribution in [3.63, 3.8) is 0 Å². The highest BCUT2D eigenvalue weighted by molar-refractivity contribution is 5.56. The van der Waals surface area contributed by atoms with Crippen molar-refractivity contribution in [1.82, 2.24) is 0 Å². The minimum Gasteiger partial charge on any atom is -0.394 e. The van der Waals surface area contributed by atoms with Crippen molar-refractivity contribution in [2.75, 3.05) is 18.1 Å². The highest BCUT2D eigenvalue weighted by atomic mass is 16.3. The Labute approximate surface area is 103 Å². The topological polar surface area (TPSA) is 43.7 Å². The molecule has 17 heavy (non-hydrogen) atoms. The Morgan fingerprint density at radius 1 is 1.41 bits per heavy atom. The summed E-state index contributed by atoms with van der Waals surface area (Å²) in [5.41, 5.74) is 2.01. The molecular formula is C14H21NO2. The van der Waals surface area contributed by atoms with Crippen LogP contribution in [-0.2, 0) is 0 Å². The largest absolute Gasteiger partial charge is 0.394 e. The predicted octanol–water partition coefficient (Wildman–Crippen LogP) is 1.95. The van der Waals surface area contributed by atoms with Crippen LogP contribution in [0.1, 0.15) is 31.9 Å². The maximum Gasteiger partial charge on any atom is 0.0781 e. The van der Waals surface area contributed by atoms with Crippen LogP contribution in [0.25, 0.3) is 0 Å². The molecule has 2 N–H and O–H groups in total. The first-order valence-electron chi connectivity index (χ1n) is 6.29. The summed E-state index contributed by atoms with van der Waals surface area (Å²) >= 11 is 0. The molecule has 1 aromatic rings. The number of aliphatic hydroxyl groups is 2. The lowest BCUT2D eigenvalue weighted by Crippen LogP contribution is -2.35. The van der Waals surface area contributed by atoms with Crippen molar-refractivity contribution < 1.29 is 10.2 Å². The molecule has 3 nitrogen and oxygen atoms in total. The second kappa shape index (κ2) is 5.07. The highest BCUT2D eigenvalue weighted by Crippen LogP contribution is 2.34. The Kier molecular flexibility index (Phi) is 3.69. The summed E-state index contributed by atoms with van der Waals surface area (Å²) in [5.74, 6) is 0.502. The van der Waals surface area contributed by atoms with Gasteiger partial charge in [-0.05, 0) is 25.3 Å². The quantitative estimate of drug-likeness (QED) is 0.841. The van der Waals surface area contributed by atoms with E-state index in [1.54, 1.807) is 6.92 Å². The van der Waals surface area contributed by atoms with Crippen LogP contribution in [0.3, 0.4) is 0 Å². The minimum atomic E-state index is -0.471. The van der Waals surface area contributed by atoms with Gasteiger partial charge in [0.1, 0.15) is 0 Å². The van der Waals surface area contributed by atoms with Crippen LogP contribution in [0.4, 0.5) is 5.69 Å². The van der Waals surface area contributed by atoms with E-state index in [1.807, 2.05) is 24.3 Å². The third-order valence-corrected chi connectivity index (χ3v) is 3.77. The third-order valence-electron chi connectivity index (χ3n) is 3.77. The van der Waals surface area contributed by atoms with E-state index < -0.39 is 6.10 Å². The van der Waals surface area contributed by atoms with E-state index in [0.717, 1.165) is 24.2 Å². The molecule has 1 fully saturated rings. The van der Waals surface area contributed by atoms with Gasteiger partial charge in [0.25, 0.3) is 0 Å². The molecule has 1 aliphatic heterocycles. The van der Waals surface area contributed by atoms with Crippen molar-refractivity contribution in [3.8, 4) is 0 Å². The molecule has 0 amide bonds. The molecule has 94 valence electrons. The van der Waals surface area contributed by atoms with Gasteiger partial charge in [0.05, 0.1) is 18.8 Å². The number of nitrogens with zero attached hydrogens (tertiary/aromatic N) is 1. The standard InChI is InChI=1S/C14H21NO2/c1-10-7-8-15(14(10)9-16)13-6-4-3-5-12(13)11(2)17/h3-6,10-11,14,16-17H,7-9H2,1-2H3/t10?,11-,14?/m0/s1. The van der Waals surface area contributed by atoms with Crippen LogP contribution >= 0.6 is 0 Å². The smallest absolute Gasteiger partial charge is 0.0781 e. The first kappa shape index (κ1) is 12.4. The number of rotatable bonds is 3. The average Bonchev–Trinajstić information content (AvgIpc) is 2.70. The second-order valence-electron chi connectivity index (χ2n) is 4.94. The molecule has 1 saturated heterocycles. The van der Waals surface area contributed by atoms with E-state index in [0.29, 0.717) is 5.92 Å². The molecule has 1 heterocycles. The Morgan fingerprint density at radius 2 is 2.12 bits per heavy atom. The second-order valence-corrected chi connectivity index (χ2v) is 4.94. The molecule has 0 radical (unpaired) electrons. The summed E-state index contributed by atoms with van der Waals surface area (Å²) in [7, 11) is 0. The fourth-order valence-corrected chi connectivity index (χ4v) is 2.69. The van der Waals surface area contributed by atoms with Crippen LogP contribution < -0.4 is 4.90 Å². The van der Waals surface area contributed by atoms with Crippen molar-refractivity contribution in [2.24, 2.45) is 5.92 Å². The van der Waals surface area contributed by atoms with Gasteiger partial charge in [0.15, 0.2) is 0 Å². The zero-order valence-electron chi connectivity index (χ0n) is 10.5. The van der Waals surface area contributed by atoms with Gasteiger partial charge in [-0.1, -0.05) is 25.1 Å². The van der Waals surface area contributed by atoms with Crippen molar-refractivity contribution in [3.05, 3.63) is 29.8 Å². The molecule has 0 saturated carbocycles. The summed E-state index contributed by atoms with van der Waals surface area (Å²) in [5, 5.41) is 19.3. The Bertz CT molecular complexity index is 378. The SMILES string of the molecule is CC1CCN(c2ccccc2[C@H](C)O)C1CO. The van der Waals surface area contributed by atoms with Crippen molar-refractivity contribution in [2.45, 2.75) is 32.4 Å². The zero-order valence-corrected chi connectivity index (χ0v) is 10.5. The summed E-state index contributed by atoms with van der Waals surface area (Å²) in [6, 6.07) is 8.09. The average molecular weight is 235 g/mol. The Balaban J connectivity index is 2.33. The summed E-state index contributed by atoms with van der Waals surface area (Å²) in [6.07, 6.45) is 0.626. The monoisotopic (exact) mass is 235 g/mol. The number of hydrogen-bond acceptors (Lipinski definition) is 3. The summed E-state index contributed by atoms with van der Waals surface area (Å²) in [6.45, 7) is 5.09. The minimum absolute atomic E-state index is 0.176. The van der Waals surface area contributed by atoms with E-state index in [9.17, 15) is 10.2 Å². The van der Waals surface area contributed by atoms with Gasteiger partial charge in [0.2, 0.25) is 0 Å². The molecule has 2 unspecified atom stereocenters. The van der Waals surface area contributed by atoms with E-state index in [-0.39, 0.29) is 12.6 Å². The van der Waals surface area contributed by atoms with Crippen LogP contribution in [0.15, 0.2) is 24.3 Å². The third kappa shape index (κ3) is 2.31. The maximum absolute atomic E-state index is 9.80. The molecule has 3 heteroatoms. The number of hydrogen-bond donors (Lipinski definition) is 2. The van der Waals surface area contributed by atoms with E-state index in [2.05, 4.69) is 11.8 Å². The fourth-order valence-electron chi connectivity index (χ4n) is 2.69. The molecule has 1 aromatic carbocycles. The van der Waals surface area contributed by atoms with Crippen LogP contribution in [-0.4, -0.2) is 29.4 Å². The number of benzene rings is 1. The summed E-state index contributed by atoms with van der Waals surface area (Å²) in [4.78, 5) is 2.23. The maximum atomic E-state index is 9.80. The molecular weight excluding hydrogens is 214 g/mol. The Hall–Kier alpha value is -1.06. The lowest BCUT2D eigenvalue weighted by atomic mass is 10.0.